The second-order valence-corrected chi connectivity index (χ2v) is 17.8. The number of Topliss-reactive ketones (excluding diaryl/α,β-unsaturated/α-hetero) is 3. The molecule has 0 aromatic carbocycles. The van der Waals surface area contributed by atoms with Gasteiger partial charge in [-0.2, -0.15) is 0 Å². The number of fused-ring (bicyclic) bond motifs is 2. The van der Waals surface area contributed by atoms with Crippen molar-refractivity contribution >= 4 is 23.3 Å². The highest BCUT2D eigenvalue weighted by molar-refractivity contribution is 5.88. The van der Waals surface area contributed by atoms with E-state index < -0.39 is 108 Å². The third-order valence-corrected chi connectivity index (χ3v) is 13.3. The van der Waals surface area contributed by atoms with E-state index in [-0.39, 0.29) is 48.6 Å². The summed E-state index contributed by atoms with van der Waals surface area (Å²) < 4.78 is 19.3. The van der Waals surface area contributed by atoms with Crippen LogP contribution in [0.15, 0.2) is 36.5 Å². The van der Waals surface area contributed by atoms with E-state index in [4.69, 9.17) is 14.2 Å². The Bertz CT molecular complexity index is 1450. The second kappa shape index (κ2) is 21.1. The van der Waals surface area contributed by atoms with Crippen molar-refractivity contribution in [2.24, 2.45) is 59.2 Å². The Kier molecular flexibility index (Phi) is 18.1. The predicted octanol–water partition coefficient (Wildman–Crippen LogP) is 4.92. The number of hydrogen-bond donors (Lipinski definition) is 5. The Morgan fingerprint density at radius 2 is 1.35 bits per heavy atom. The van der Waals surface area contributed by atoms with Gasteiger partial charge in [-0.3, -0.25) is 14.4 Å². The monoisotopic (exact) mass is 805 g/mol. The topological polar surface area (TPSA) is 197 Å². The molecule has 1 spiro atoms. The third kappa shape index (κ3) is 11.6. The lowest BCUT2D eigenvalue weighted by Gasteiger charge is -2.54. The average Bonchev–Trinajstić information content (AvgIpc) is 3.17. The zero-order valence-electron chi connectivity index (χ0n) is 36.0. The van der Waals surface area contributed by atoms with Crippen LogP contribution in [-0.4, -0.2) is 103 Å². The summed E-state index contributed by atoms with van der Waals surface area (Å²) in [6.45, 7) is 18.8. The highest BCUT2D eigenvalue weighted by atomic mass is 16.7. The number of esters is 1. The van der Waals surface area contributed by atoms with E-state index in [1.165, 1.54) is 32.9 Å². The third-order valence-electron chi connectivity index (χ3n) is 13.3. The fourth-order valence-electron chi connectivity index (χ4n) is 8.91. The van der Waals surface area contributed by atoms with Crippen molar-refractivity contribution in [3.8, 4) is 0 Å². The summed E-state index contributed by atoms with van der Waals surface area (Å²) in [5, 5.41) is 55.3. The maximum atomic E-state index is 14.0. The number of carbonyl (C=O) groups excluding carboxylic acids is 4. The molecule has 12 heteroatoms. The fourth-order valence-corrected chi connectivity index (χ4v) is 8.91. The molecule has 324 valence electrons. The Labute approximate surface area is 340 Å². The summed E-state index contributed by atoms with van der Waals surface area (Å²) in [7, 11) is 0. The number of ketones is 3. The van der Waals surface area contributed by atoms with E-state index in [0.29, 0.717) is 12.8 Å². The van der Waals surface area contributed by atoms with Gasteiger partial charge in [-0.15, -0.1) is 0 Å². The highest BCUT2D eigenvalue weighted by Crippen LogP contribution is 2.47. The van der Waals surface area contributed by atoms with Crippen molar-refractivity contribution in [3.63, 3.8) is 0 Å². The molecule has 57 heavy (non-hydrogen) atoms. The van der Waals surface area contributed by atoms with E-state index >= 15 is 0 Å². The van der Waals surface area contributed by atoms with Crippen LogP contribution in [0.1, 0.15) is 108 Å². The molecule has 0 unspecified atom stereocenters. The lowest BCUT2D eigenvalue weighted by Crippen LogP contribution is -2.66. The van der Waals surface area contributed by atoms with Crippen molar-refractivity contribution in [1.29, 1.82) is 0 Å². The fraction of sp³-hybridized carbons (Fsp3) is 0.778. The number of aliphatic hydroxyl groups is 5. The standard InChI is InChI=1S/C45H72O12/c1-12-33-17-15-13-14-16-23(2)39(50)28(7)41(52)30(9)43(54)31(10)42(53)29(8)40(51)24(3)18-19-38(49)55-44-27(6)36(22-34(33)47)57-45(32(44)11)37(48)20-25(4)35(56-45)21-26(5)46/h13-15,17-19,23-36,39-40,43-44,46-47,50-51,54H,12,16,20-22H2,1-11H3/b14-13+,17-15+,19-18+/t23-,24+,25+,26+,27+,28-,29+,30-,31+,32-,33+,34-,35+,36-,39+,40-,43-,44-,45+/m1/s1. The molecule has 3 aliphatic rings. The van der Waals surface area contributed by atoms with E-state index in [0.717, 1.165) is 0 Å². The predicted molar refractivity (Wildman–Crippen MR) is 215 cm³/mol. The smallest absolute Gasteiger partial charge is 0.330 e. The molecular formula is C45H72O12. The van der Waals surface area contributed by atoms with Crippen LogP contribution in [0.4, 0.5) is 0 Å². The van der Waals surface area contributed by atoms with Gasteiger partial charge in [-0.05, 0) is 38.0 Å². The lowest BCUT2D eigenvalue weighted by molar-refractivity contribution is -0.345. The van der Waals surface area contributed by atoms with Gasteiger partial charge in [0.15, 0.2) is 5.78 Å². The molecule has 0 amide bonds. The molecule has 2 bridgehead atoms. The first-order valence-electron chi connectivity index (χ1n) is 21.2. The summed E-state index contributed by atoms with van der Waals surface area (Å²) in [4.78, 5) is 54.5. The molecule has 12 nitrogen and oxygen atoms in total. The van der Waals surface area contributed by atoms with Crippen LogP contribution < -0.4 is 0 Å². The Morgan fingerprint density at radius 1 is 0.772 bits per heavy atom. The highest BCUT2D eigenvalue weighted by Gasteiger charge is 2.61. The van der Waals surface area contributed by atoms with Gasteiger partial charge in [-0.1, -0.05) is 99.6 Å². The number of allylic oxidation sites excluding steroid dienone is 3. The minimum absolute atomic E-state index is 0.106. The van der Waals surface area contributed by atoms with Gasteiger partial charge in [0.25, 0.3) is 0 Å². The minimum Gasteiger partial charge on any atom is -0.458 e. The summed E-state index contributed by atoms with van der Waals surface area (Å²) in [6.07, 6.45) is 4.21. The van der Waals surface area contributed by atoms with Crippen molar-refractivity contribution < 1.29 is 58.9 Å². The van der Waals surface area contributed by atoms with Crippen LogP contribution in [-0.2, 0) is 33.4 Å². The van der Waals surface area contributed by atoms with Gasteiger partial charge in [0.1, 0.15) is 17.7 Å². The Hall–Kier alpha value is -2.58. The molecule has 0 aromatic heterocycles. The van der Waals surface area contributed by atoms with E-state index in [2.05, 4.69) is 0 Å². The van der Waals surface area contributed by atoms with Gasteiger partial charge in [0.2, 0.25) is 5.79 Å². The number of rotatable bonds is 3. The Morgan fingerprint density at radius 3 is 1.93 bits per heavy atom. The van der Waals surface area contributed by atoms with Crippen molar-refractivity contribution in [1.82, 2.24) is 0 Å². The maximum Gasteiger partial charge on any atom is 0.330 e. The number of aliphatic hydroxyl groups excluding tert-OH is 5. The molecule has 5 N–H and O–H groups in total. The number of hydrogen-bond acceptors (Lipinski definition) is 12. The largest absolute Gasteiger partial charge is 0.458 e. The quantitative estimate of drug-likeness (QED) is 0.242. The molecule has 0 saturated carbocycles. The van der Waals surface area contributed by atoms with E-state index in [9.17, 15) is 44.7 Å². The first kappa shape index (κ1) is 48.8. The van der Waals surface area contributed by atoms with Crippen molar-refractivity contribution in [2.75, 3.05) is 0 Å². The summed E-state index contributed by atoms with van der Waals surface area (Å²) >= 11 is 0. The van der Waals surface area contributed by atoms with Gasteiger partial charge in [-0.25, -0.2) is 4.79 Å². The number of carbonyl (C=O) groups is 4. The van der Waals surface area contributed by atoms with Gasteiger partial charge in [0, 0.05) is 60.3 Å². The normalized spacial score (nSPS) is 46.2. The molecular weight excluding hydrogens is 732 g/mol. The zero-order valence-corrected chi connectivity index (χ0v) is 36.0. The van der Waals surface area contributed by atoms with E-state index in [1.807, 2.05) is 52.0 Å². The molecule has 3 aliphatic heterocycles. The van der Waals surface area contributed by atoms with Crippen LogP contribution in [0.3, 0.4) is 0 Å². The minimum atomic E-state index is -1.79. The SMILES string of the molecule is CC[C@H]1/C=C/C=C/C[C@@H](C)[C@H](O)[C@@H](C)C(=O)[C@@H](C)[C@@H](O)[C@@H](C)C(=O)[C@@H](C)[C@H](O)[C@@H](C)/C=C/C(=O)O[C@@H]2[C@@H](C)[C@@H](C[C@H]1O)O[C@@]1(O[C@@H](C[C@H](C)O)[C@@H](C)CC1=O)[C@@H]2C. The second-order valence-electron chi connectivity index (χ2n) is 17.8. The zero-order chi connectivity index (χ0) is 43.1. The molecule has 0 aliphatic carbocycles. The first-order chi connectivity index (χ1) is 26.6. The van der Waals surface area contributed by atoms with Crippen molar-refractivity contribution in [2.45, 2.75) is 163 Å². The van der Waals surface area contributed by atoms with Gasteiger partial charge < -0.3 is 39.7 Å². The summed E-state index contributed by atoms with van der Waals surface area (Å²) in [6, 6.07) is 0. The molecule has 2 saturated heterocycles. The summed E-state index contributed by atoms with van der Waals surface area (Å²) in [5.74, 6) is -10.1. The molecule has 0 radical (unpaired) electrons. The van der Waals surface area contributed by atoms with E-state index in [1.54, 1.807) is 27.7 Å². The average molecular weight is 805 g/mol. The maximum absolute atomic E-state index is 14.0. The van der Waals surface area contributed by atoms with Crippen LogP contribution in [0.2, 0.25) is 0 Å². The Balaban J connectivity index is 2.04. The van der Waals surface area contributed by atoms with Gasteiger partial charge >= 0.3 is 5.97 Å². The molecule has 2 fully saturated rings. The molecule has 3 heterocycles. The summed E-state index contributed by atoms with van der Waals surface area (Å²) in [5.41, 5.74) is 0. The molecule has 3 rings (SSSR count). The van der Waals surface area contributed by atoms with Crippen LogP contribution in [0.25, 0.3) is 0 Å². The molecule has 19 atom stereocenters. The van der Waals surface area contributed by atoms with Crippen LogP contribution >= 0.6 is 0 Å². The number of ether oxygens (including phenoxy) is 3. The van der Waals surface area contributed by atoms with Crippen LogP contribution in [0, 0.1) is 59.2 Å². The first-order valence-corrected chi connectivity index (χ1v) is 21.2. The van der Waals surface area contributed by atoms with Gasteiger partial charge in [0.05, 0.1) is 48.6 Å². The lowest BCUT2D eigenvalue weighted by atomic mass is 9.74. The van der Waals surface area contributed by atoms with Crippen LogP contribution in [0.5, 0.6) is 0 Å². The molecule has 0 aromatic rings. The van der Waals surface area contributed by atoms with Crippen molar-refractivity contribution in [3.05, 3.63) is 36.5 Å².